The lowest BCUT2D eigenvalue weighted by Gasteiger charge is -2.31. The van der Waals surface area contributed by atoms with Gasteiger partial charge in [0, 0.05) is 51.4 Å². The molecule has 1 heterocycles. The van der Waals surface area contributed by atoms with E-state index in [1.54, 1.807) is 0 Å². The minimum absolute atomic E-state index is 0. The lowest BCUT2D eigenvalue weighted by atomic mass is 9.94. The first-order chi connectivity index (χ1) is 12.3. The SMILES string of the molecule is CN=C(NCCN(C)C1CCCCC1)NC1CCN(C2CCCC2)C1.I. The highest BCUT2D eigenvalue weighted by Crippen LogP contribution is 2.26. The molecule has 152 valence electrons. The molecule has 2 N–H and O–H groups in total. The number of aliphatic imine (C=N–C) groups is 1. The smallest absolute Gasteiger partial charge is 0.191 e. The van der Waals surface area contributed by atoms with Crippen molar-refractivity contribution in [3.63, 3.8) is 0 Å². The third kappa shape index (κ3) is 6.51. The molecule has 0 aromatic carbocycles. The highest BCUT2D eigenvalue weighted by molar-refractivity contribution is 14.0. The zero-order valence-electron chi connectivity index (χ0n) is 16.9. The Morgan fingerprint density at radius 2 is 1.73 bits per heavy atom. The number of hydrogen-bond donors (Lipinski definition) is 2. The second-order valence-electron chi connectivity index (χ2n) is 8.33. The Labute approximate surface area is 177 Å². The molecule has 3 aliphatic rings. The van der Waals surface area contributed by atoms with Crippen LogP contribution >= 0.6 is 24.0 Å². The zero-order valence-corrected chi connectivity index (χ0v) is 19.2. The second kappa shape index (κ2) is 11.7. The Morgan fingerprint density at radius 3 is 2.42 bits per heavy atom. The summed E-state index contributed by atoms with van der Waals surface area (Å²) in [5.41, 5.74) is 0. The minimum atomic E-state index is 0. The van der Waals surface area contributed by atoms with Crippen LogP contribution in [0.25, 0.3) is 0 Å². The molecule has 0 aromatic heterocycles. The van der Waals surface area contributed by atoms with E-state index in [1.165, 1.54) is 77.3 Å². The molecule has 3 fully saturated rings. The third-order valence-corrected chi connectivity index (χ3v) is 6.58. The van der Waals surface area contributed by atoms with Crippen molar-refractivity contribution in [3.05, 3.63) is 0 Å². The lowest BCUT2D eigenvalue weighted by Crippen LogP contribution is -2.47. The van der Waals surface area contributed by atoms with Crippen LogP contribution in [0.3, 0.4) is 0 Å². The van der Waals surface area contributed by atoms with Gasteiger partial charge in [0.15, 0.2) is 5.96 Å². The zero-order chi connectivity index (χ0) is 17.5. The maximum absolute atomic E-state index is 4.44. The predicted molar refractivity (Wildman–Crippen MR) is 122 cm³/mol. The van der Waals surface area contributed by atoms with E-state index in [0.29, 0.717) is 6.04 Å². The highest BCUT2D eigenvalue weighted by atomic mass is 127. The topological polar surface area (TPSA) is 42.9 Å². The van der Waals surface area contributed by atoms with Gasteiger partial charge in [0.1, 0.15) is 0 Å². The summed E-state index contributed by atoms with van der Waals surface area (Å²) < 4.78 is 0. The lowest BCUT2D eigenvalue weighted by molar-refractivity contribution is 0.194. The van der Waals surface area contributed by atoms with E-state index in [-0.39, 0.29) is 24.0 Å². The molecule has 0 aromatic rings. The molecule has 1 atom stereocenters. The number of guanidine groups is 1. The van der Waals surface area contributed by atoms with Gasteiger partial charge in [-0.25, -0.2) is 0 Å². The molecular formula is C20H40IN5. The standard InChI is InChI=1S/C20H39N5.HI/c1-21-20(22-13-15-24(2)18-8-4-3-5-9-18)23-17-12-14-25(16-17)19-10-6-7-11-19;/h17-19H,3-16H2,1-2H3,(H2,21,22,23);1H. The Hall–Kier alpha value is -0.0800. The molecule has 1 unspecified atom stereocenters. The number of likely N-dealkylation sites (N-methyl/N-ethyl adjacent to an activating group) is 1. The summed E-state index contributed by atoms with van der Waals surface area (Å²) in [6.07, 6.45) is 13.9. The number of hydrogen-bond acceptors (Lipinski definition) is 3. The normalized spacial score (nSPS) is 26.3. The fourth-order valence-corrected chi connectivity index (χ4v) is 4.95. The third-order valence-electron chi connectivity index (χ3n) is 6.58. The van der Waals surface area contributed by atoms with E-state index in [4.69, 9.17) is 0 Å². The van der Waals surface area contributed by atoms with Gasteiger partial charge < -0.3 is 15.5 Å². The molecule has 0 bridgehead atoms. The van der Waals surface area contributed by atoms with Crippen LogP contribution in [-0.2, 0) is 0 Å². The Morgan fingerprint density at radius 1 is 1.04 bits per heavy atom. The van der Waals surface area contributed by atoms with Crippen LogP contribution in [0.15, 0.2) is 4.99 Å². The van der Waals surface area contributed by atoms with E-state index in [9.17, 15) is 0 Å². The van der Waals surface area contributed by atoms with Crippen molar-refractivity contribution in [2.45, 2.75) is 82.3 Å². The van der Waals surface area contributed by atoms with Gasteiger partial charge >= 0.3 is 0 Å². The van der Waals surface area contributed by atoms with E-state index in [2.05, 4.69) is 32.5 Å². The number of nitrogens with one attached hydrogen (secondary N) is 2. The minimum Gasteiger partial charge on any atom is -0.355 e. The molecule has 0 spiro atoms. The van der Waals surface area contributed by atoms with Crippen molar-refractivity contribution in [2.24, 2.45) is 4.99 Å². The van der Waals surface area contributed by atoms with Crippen LogP contribution < -0.4 is 10.6 Å². The average Bonchev–Trinajstić information content (AvgIpc) is 3.33. The van der Waals surface area contributed by atoms with Crippen molar-refractivity contribution >= 4 is 29.9 Å². The van der Waals surface area contributed by atoms with Gasteiger partial charge in [-0.05, 0) is 39.2 Å². The summed E-state index contributed by atoms with van der Waals surface area (Å²) in [5.74, 6) is 0.982. The highest BCUT2D eigenvalue weighted by Gasteiger charge is 2.30. The van der Waals surface area contributed by atoms with Gasteiger partial charge in [-0.2, -0.15) is 0 Å². The maximum atomic E-state index is 4.44. The van der Waals surface area contributed by atoms with Gasteiger partial charge in [0.25, 0.3) is 0 Å². The Balaban J connectivity index is 0.00000243. The summed E-state index contributed by atoms with van der Waals surface area (Å²) in [5, 5.41) is 7.18. The maximum Gasteiger partial charge on any atom is 0.191 e. The van der Waals surface area contributed by atoms with Crippen LogP contribution in [-0.4, -0.2) is 74.2 Å². The van der Waals surface area contributed by atoms with E-state index < -0.39 is 0 Å². The molecular weight excluding hydrogens is 437 g/mol. The number of likely N-dealkylation sites (tertiary alicyclic amines) is 1. The van der Waals surface area contributed by atoms with Crippen molar-refractivity contribution < 1.29 is 0 Å². The molecule has 5 nitrogen and oxygen atoms in total. The van der Waals surface area contributed by atoms with E-state index in [1.807, 2.05) is 7.05 Å². The first-order valence-electron chi connectivity index (χ1n) is 10.7. The summed E-state index contributed by atoms with van der Waals surface area (Å²) in [7, 11) is 4.17. The molecule has 2 saturated carbocycles. The predicted octanol–water partition coefficient (Wildman–Crippen LogP) is 3.05. The number of rotatable bonds is 6. The fraction of sp³-hybridized carbons (Fsp3) is 0.950. The molecule has 1 saturated heterocycles. The van der Waals surface area contributed by atoms with E-state index in [0.717, 1.165) is 31.1 Å². The van der Waals surface area contributed by atoms with Gasteiger partial charge in [-0.3, -0.25) is 9.89 Å². The Kier molecular flexibility index (Phi) is 9.99. The van der Waals surface area contributed by atoms with Crippen molar-refractivity contribution in [1.29, 1.82) is 0 Å². The van der Waals surface area contributed by atoms with Crippen LogP contribution in [0.1, 0.15) is 64.2 Å². The number of halogens is 1. The van der Waals surface area contributed by atoms with Crippen LogP contribution in [0, 0.1) is 0 Å². The van der Waals surface area contributed by atoms with Gasteiger partial charge in [0.2, 0.25) is 0 Å². The van der Waals surface area contributed by atoms with Gasteiger partial charge in [-0.1, -0.05) is 32.1 Å². The van der Waals surface area contributed by atoms with Gasteiger partial charge in [0.05, 0.1) is 0 Å². The van der Waals surface area contributed by atoms with Crippen LogP contribution in [0.4, 0.5) is 0 Å². The molecule has 26 heavy (non-hydrogen) atoms. The molecule has 1 aliphatic heterocycles. The summed E-state index contributed by atoms with van der Waals surface area (Å²) in [6, 6.07) is 2.20. The van der Waals surface area contributed by atoms with Crippen molar-refractivity contribution in [3.8, 4) is 0 Å². The van der Waals surface area contributed by atoms with E-state index >= 15 is 0 Å². The summed E-state index contributed by atoms with van der Waals surface area (Å²) in [4.78, 5) is 9.68. The first kappa shape index (κ1) is 22.2. The quantitative estimate of drug-likeness (QED) is 0.351. The van der Waals surface area contributed by atoms with Crippen LogP contribution in [0.2, 0.25) is 0 Å². The number of nitrogens with zero attached hydrogens (tertiary/aromatic N) is 3. The molecule has 6 heteroatoms. The average molecular weight is 477 g/mol. The Bertz CT molecular complexity index is 418. The summed E-state index contributed by atoms with van der Waals surface area (Å²) in [6.45, 7) is 4.52. The molecule has 2 aliphatic carbocycles. The van der Waals surface area contributed by atoms with Crippen molar-refractivity contribution in [2.75, 3.05) is 40.3 Å². The van der Waals surface area contributed by atoms with Gasteiger partial charge in [-0.15, -0.1) is 24.0 Å². The monoisotopic (exact) mass is 477 g/mol. The summed E-state index contributed by atoms with van der Waals surface area (Å²) >= 11 is 0. The van der Waals surface area contributed by atoms with Crippen molar-refractivity contribution in [1.82, 2.24) is 20.4 Å². The second-order valence-corrected chi connectivity index (χ2v) is 8.33. The fourth-order valence-electron chi connectivity index (χ4n) is 4.95. The molecule has 0 amide bonds. The molecule has 3 rings (SSSR count). The molecule has 0 radical (unpaired) electrons. The first-order valence-corrected chi connectivity index (χ1v) is 10.7. The van der Waals surface area contributed by atoms with Crippen LogP contribution in [0.5, 0.6) is 0 Å². The largest absolute Gasteiger partial charge is 0.355 e.